The first-order valence-corrected chi connectivity index (χ1v) is 10.8. The maximum atomic E-state index is 12.5. The Kier molecular flexibility index (Phi) is 6.08. The summed E-state index contributed by atoms with van der Waals surface area (Å²) >= 11 is 0. The Morgan fingerprint density at radius 1 is 1.23 bits per heavy atom. The van der Waals surface area contributed by atoms with Gasteiger partial charge in [0.25, 0.3) is 5.91 Å². The Balaban J connectivity index is 1.61. The van der Waals surface area contributed by atoms with Crippen LogP contribution in [0.5, 0.6) is 0 Å². The van der Waals surface area contributed by atoms with Crippen molar-refractivity contribution in [3.63, 3.8) is 0 Å². The lowest BCUT2D eigenvalue weighted by Gasteiger charge is -2.15. The van der Waals surface area contributed by atoms with Crippen LogP contribution in [0.15, 0.2) is 29.3 Å². The van der Waals surface area contributed by atoms with Crippen molar-refractivity contribution in [1.29, 1.82) is 0 Å². The standard InChI is InChI=1S/C23H30N6O/c1-15(2)21-17(7-6-12-29-10-4-5-11-29)16(3)26-19(21)13-18-22(27-28-23(18)30)20-14-24-8-9-25-20/h8-9,13-15,26H,4-7,10-12H2,1-3H3,(H,28,30)/b18-13+. The van der Waals surface area contributed by atoms with Crippen molar-refractivity contribution in [3.05, 3.63) is 52.4 Å². The molecule has 0 radical (unpaired) electrons. The molecule has 1 amide bonds. The van der Waals surface area contributed by atoms with Crippen LogP contribution in [0.4, 0.5) is 0 Å². The molecule has 2 aromatic heterocycles. The second kappa shape index (κ2) is 8.92. The van der Waals surface area contributed by atoms with Crippen LogP contribution in [0.1, 0.15) is 67.2 Å². The molecule has 2 aliphatic rings. The minimum absolute atomic E-state index is 0.215. The van der Waals surface area contributed by atoms with Gasteiger partial charge >= 0.3 is 0 Å². The molecule has 0 aliphatic carbocycles. The van der Waals surface area contributed by atoms with Gasteiger partial charge in [0.1, 0.15) is 11.4 Å². The lowest BCUT2D eigenvalue weighted by Crippen LogP contribution is -2.20. The van der Waals surface area contributed by atoms with Crippen molar-refractivity contribution in [3.8, 4) is 0 Å². The first-order valence-electron chi connectivity index (χ1n) is 10.8. The molecule has 2 aliphatic heterocycles. The number of H-pyrrole nitrogens is 1. The first kappa shape index (κ1) is 20.5. The summed E-state index contributed by atoms with van der Waals surface area (Å²) in [5, 5.41) is 4.19. The SMILES string of the molecule is Cc1[nH]c(/C=C2/C(=O)NN=C2c2cnccn2)c(C(C)C)c1CCCN1CCCC1. The Bertz CT molecular complexity index is 967. The molecule has 158 valence electrons. The topological polar surface area (TPSA) is 86.3 Å². The molecule has 0 unspecified atom stereocenters. The summed E-state index contributed by atoms with van der Waals surface area (Å²) < 4.78 is 0. The monoisotopic (exact) mass is 406 g/mol. The van der Waals surface area contributed by atoms with Crippen LogP contribution < -0.4 is 5.43 Å². The molecule has 0 aromatic carbocycles. The normalized spacial score (nSPS) is 18.5. The molecule has 30 heavy (non-hydrogen) atoms. The van der Waals surface area contributed by atoms with Crippen molar-refractivity contribution in [2.45, 2.75) is 52.4 Å². The summed E-state index contributed by atoms with van der Waals surface area (Å²) in [4.78, 5) is 27.0. The zero-order chi connectivity index (χ0) is 21.1. The van der Waals surface area contributed by atoms with Crippen molar-refractivity contribution in [2.75, 3.05) is 19.6 Å². The van der Waals surface area contributed by atoms with E-state index < -0.39 is 0 Å². The fraction of sp³-hybridized carbons (Fsp3) is 0.478. The van der Waals surface area contributed by atoms with Gasteiger partial charge in [0.15, 0.2) is 0 Å². The van der Waals surface area contributed by atoms with E-state index in [1.165, 1.54) is 42.8 Å². The lowest BCUT2D eigenvalue weighted by atomic mass is 9.93. The van der Waals surface area contributed by atoms with Crippen molar-refractivity contribution in [1.82, 2.24) is 25.3 Å². The number of aryl methyl sites for hydroxylation is 1. The van der Waals surface area contributed by atoms with Gasteiger partial charge in [0.2, 0.25) is 0 Å². The molecule has 0 bridgehead atoms. The van der Waals surface area contributed by atoms with Crippen molar-refractivity contribution >= 4 is 17.7 Å². The van der Waals surface area contributed by atoms with Gasteiger partial charge in [-0.3, -0.25) is 14.8 Å². The molecule has 1 fully saturated rings. The highest BCUT2D eigenvalue weighted by molar-refractivity contribution is 6.32. The molecule has 4 heterocycles. The van der Waals surface area contributed by atoms with Gasteiger partial charge in [-0.2, -0.15) is 5.10 Å². The molecular weight excluding hydrogens is 376 g/mol. The number of likely N-dealkylation sites (tertiary alicyclic amines) is 1. The average Bonchev–Trinajstić information content (AvgIpc) is 3.44. The van der Waals surface area contributed by atoms with Crippen LogP contribution in [0, 0.1) is 6.92 Å². The molecule has 0 atom stereocenters. The molecule has 2 N–H and O–H groups in total. The third-order valence-electron chi connectivity index (χ3n) is 5.93. The minimum atomic E-state index is -0.215. The third-order valence-corrected chi connectivity index (χ3v) is 5.93. The highest BCUT2D eigenvalue weighted by Crippen LogP contribution is 2.30. The van der Waals surface area contributed by atoms with Gasteiger partial charge < -0.3 is 9.88 Å². The predicted molar refractivity (Wildman–Crippen MR) is 118 cm³/mol. The van der Waals surface area contributed by atoms with E-state index >= 15 is 0 Å². The highest BCUT2D eigenvalue weighted by atomic mass is 16.2. The van der Waals surface area contributed by atoms with Crippen LogP contribution in [0.25, 0.3) is 6.08 Å². The van der Waals surface area contributed by atoms with Crippen molar-refractivity contribution < 1.29 is 4.79 Å². The number of carbonyl (C=O) groups is 1. The summed E-state index contributed by atoms with van der Waals surface area (Å²) in [6.07, 6.45) is 11.6. The Hall–Kier alpha value is -2.80. The number of rotatable bonds is 7. The summed E-state index contributed by atoms with van der Waals surface area (Å²) in [7, 11) is 0. The fourth-order valence-electron chi connectivity index (χ4n) is 4.52. The van der Waals surface area contributed by atoms with E-state index in [1.807, 2.05) is 6.08 Å². The van der Waals surface area contributed by atoms with Gasteiger partial charge in [0, 0.05) is 23.8 Å². The number of aromatic amines is 1. The molecule has 7 nitrogen and oxygen atoms in total. The zero-order valence-corrected chi connectivity index (χ0v) is 18.0. The second-order valence-electron chi connectivity index (χ2n) is 8.41. The molecule has 7 heteroatoms. The molecule has 1 saturated heterocycles. The van der Waals surface area contributed by atoms with Gasteiger partial charge in [-0.15, -0.1) is 0 Å². The molecule has 2 aromatic rings. The van der Waals surface area contributed by atoms with E-state index in [9.17, 15) is 4.79 Å². The Labute approximate surface area is 177 Å². The van der Waals surface area contributed by atoms with Gasteiger partial charge in [-0.25, -0.2) is 5.43 Å². The van der Waals surface area contributed by atoms with Crippen LogP contribution in [0.2, 0.25) is 0 Å². The molecule has 4 rings (SSSR count). The lowest BCUT2D eigenvalue weighted by molar-refractivity contribution is -0.116. The van der Waals surface area contributed by atoms with Crippen LogP contribution in [-0.2, 0) is 11.2 Å². The van der Waals surface area contributed by atoms with Crippen molar-refractivity contribution in [2.24, 2.45) is 5.10 Å². The second-order valence-corrected chi connectivity index (χ2v) is 8.41. The number of carbonyl (C=O) groups excluding carboxylic acids is 1. The molecule has 0 spiro atoms. The summed E-state index contributed by atoms with van der Waals surface area (Å²) in [6, 6.07) is 0. The first-order chi connectivity index (χ1) is 14.5. The van der Waals surface area contributed by atoms with Gasteiger partial charge in [-0.05, 0) is 75.4 Å². The number of nitrogens with zero attached hydrogens (tertiary/aromatic N) is 4. The summed E-state index contributed by atoms with van der Waals surface area (Å²) in [5.41, 5.74) is 9.05. The average molecular weight is 407 g/mol. The Morgan fingerprint density at radius 2 is 2.03 bits per heavy atom. The van der Waals surface area contributed by atoms with E-state index in [0.717, 1.165) is 25.1 Å². The van der Waals surface area contributed by atoms with Crippen LogP contribution in [-0.4, -0.2) is 51.1 Å². The maximum Gasteiger partial charge on any atom is 0.273 e. The molecule has 0 saturated carbocycles. The van der Waals surface area contributed by atoms with E-state index in [-0.39, 0.29) is 5.91 Å². The van der Waals surface area contributed by atoms with Gasteiger partial charge in [0.05, 0.1) is 11.8 Å². The predicted octanol–water partition coefficient (Wildman–Crippen LogP) is 3.18. The number of hydrogen-bond donors (Lipinski definition) is 2. The van der Waals surface area contributed by atoms with Crippen LogP contribution >= 0.6 is 0 Å². The minimum Gasteiger partial charge on any atom is -0.359 e. The fourth-order valence-corrected chi connectivity index (χ4v) is 4.52. The van der Waals surface area contributed by atoms with Crippen LogP contribution in [0.3, 0.4) is 0 Å². The number of aromatic nitrogens is 3. The van der Waals surface area contributed by atoms with E-state index in [2.05, 4.69) is 51.2 Å². The quantitative estimate of drug-likeness (QED) is 0.692. The number of amides is 1. The van der Waals surface area contributed by atoms with E-state index in [1.54, 1.807) is 18.6 Å². The van der Waals surface area contributed by atoms with E-state index in [0.29, 0.717) is 22.9 Å². The summed E-state index contributed by atoms with van der Waals surface area (Å²) in [6.45, 7) is 10.2. The number of hydrazone groups is 1. The zero-order valence-electron chi connectivity index (χ0n) is 18.0. The smallest absolute Gasteiger partial charge is 0.273 e. The highest BCUT2D eigenvalue weighted by Gasteiger charge is 2.27. The van der Waals surface area contributed by atoms with E-state index in [4.69, 9.17) is 0 Å². The molecular formula is C23H30N6O. The number of hydrogen-bond acceptors (Lipinski definition) is 5. The largest absolute Gasteiger partial charge is 0.359 e. The number of nitrogens with one attached hydrogen (secondary N) is 2. The summed E-state index contributed by atoms with van der Waals surface area (Å²) in [5.74, 6) is 0.137. The third kappa shape index (κ3) is 4.21. The maximum absolute atomic E-state index is 12.5. The Morgan fingerprint density at radius 3 is 2.73 bits per heavy atom. The van der Waals surface area contributed by atoms with Gasteiger partial charge in [-0.1, -0.05) is 13.8 Å².